The van der Waals surface area contributed by atoms with Gasteiger partial charge in [-0.3, -0.25) is 17.3 Å². The van der Waals surface area contributed by atoms with Gasteiger partial charge in [-0.1, -0.05) is 24.3 Å². The average Bonchev–Trinajstić information content (AvgIpc) is 2.45. The fourth-order valence-corrected chi connectivity index (χ4v) is 1.35. The van der Waals surface area contributed by atoms with Crippen molar-refractivity contribution < 1.29 is 47.0 Å². The summed E-state index contributed by atoms with van der Waals surface area (Å²) >= 11 is 0. The van der Waals surface area contributed by atoms with Gasteiger partial charge in [-0.05, 0) is 5.56 Å². The van der Waals surface area contributed by atoms with Crippen LogP contribution in [0, 0.1) is 19.0 Å². The molecule has 0 aliphatic rings. The Kier molecular flexibility index (Phi) is 9.61. The Balaban J connectivity index is 0.00000400. The van der Waals surface area contributed by atoms with Crippen LogP contribution in [0.5, 0.6) is 0 Å². The second-order valence-electron chi connectivity index (χ2n) is 3.75. The maximum absolute atomic E-state index is 11.2. The van der Waals surface area contributed by atoms with Crippen LogP contribution in [-0.2, 0) is 48.8 Å². The fraction of sp³-hybridized carbons (Fsp3) is 0.154. The van der Waals surface area contributed by atoms with E-state index in [4.69, 9.17) is 5.41 Å². The zero-order chi connectivity index (χ0) is 15.0. The molecule has 111 valence electrons. The number of methoxy groups -OCH3 is 1. The average molecular weight is 365 g/mol. The molecule has 0 aliphatic heterocycles. The molecule has 0 aromatic heterocycles. The third kappa shape index (κ3) is 7.22. The zero-order valence-electron chi connectivity index (χ0n) is 11.6. The number of carbonyl (C=O) groups is 2. The maximum Gasteiger partial charge on any atom is 0.412 e. The Hall–Kier alpha value is -1.44. The van der Waals surface area contributed by atoms with Gasteiger partial charge in [0, 0.05) is 44.8 Å². The van der Waals surface area contributed by atoms with E-state index in [2.05, 4.69) is 27.7 Å². The Morgan fingerprint density at radius 3 is 2.48 bits per heavy atom. The molecule has 0 atom stereocenters. The van der Waals surface area contributed by atoms with Gasteiger partial charge in [0.2, 0.25) is 0 Å². The van der Waals surface area contributed by atoms with E-state index in [1.807, 2.05) is 0 Å². The molecule has 0 aliphatic carbocycles. The van der Waals surface area contributed by atoms with E-state index in [1.165, 1.54) is 13.7 Å². The molecule has 1 rings (SSSR count). The first-order valence-corrected chi connectivity index (χ1v) is 5.73. The van der Waals surface area contributed by atoms with Crippen LogP contribution in [0.4, 0.5) is 4.79 Å². The summed E-state index contributed by atoms with van der Waals surface area (Å²) in [5, 5.41) is 15.0. The molecular formula is C13H16N4O3Y-2. The van der Waals surface area contributed by atoms with Gasteiger partial charge in [-0.25, -0.2) is 4.79 Å². The molecular weight excluding hydrogens is 349 g/mol. The number of carbonyl (C=O) groups excluding carboxylic acids is 2. The summed E-state index contributed by atoms with van der Waals surface area (Å²) in [4.78, 5) is 22.1. The summed E-state index contributed by atoms with van der Waals surface area (Å²) in [6.45, 7) is 1.57. The number of amidine groups is 1. The first-order chi connectivity index (χ1) is 9.56. The van der Waals surface area contributed by atoms with Crippen molar-refractivity contribution in [1.82, 2.24) is 16.0 Å². The summed E-state index contributed by atoms with van der Waals surface area (Å²) in [6, 6.07) is 6.84. The quantitative estimate of drug-likeness (QED) is 0.347. The minimum Gasteiger partial charge on any atom is -0.600 e. The molecule has 0 saturated heterocycles. The zero-order valence-corrected chi connectivity index (χ0v) is 14.4. The summed E-state index contributed by atoms with van der Waals surface area (Å²) in [5.74, 6) is -0.328. The monoisotopic (exact) mass is 365 g/mol. The third-order valence-electron chi connectivity index (χ3n) is 2.35. The molecule has 1 aromatic carbocycles. The van der Waals surface area contributed by atoms with E-state index in [-0.39, 0.29) is 44.5 Å². The molecule has 4 N–H and O–H groups in total. The SMILES string of the molecule is [CH2-]N[CH-]C(=O)NCc1ccc(C(=N)NC(=O)OC)cc1.[Y]. The topological polar surface area (TPSA) is 103 Å². The van der Waals surface area contributed by atoms with E-state index in [9.17, 15) is 9.59 Å². The number of hydrogen-bond donors (Lipinski definition) is 4. The van der Waals surface area contributed by atoms with E-state index in [1.54, 1.807) is 24.3 Å². The summed E-state index contributed by atoms with van der Waals surface area (Å²) < 4.78 is 4.40. The molecule has 1 aromatic rings. The van der Waals surface area contributed by atoms with E-state index in [0.29, 0.717) is 12.1 Å². The van der Waals surface area contributed by atoms with Gasteiger partial charge >= 0.3 is 6.09 Å². The van der Waals surface area contributed by atoms with Crippen molar-refractivity contribution in [3.63, 3.8) is 0 Å². The summed E-state index contributed by atoms with van der Waals surface area (Å²) in [7, 11) is 4.54. The minimum atomic E-state index is -0.692. The Bertz CT molecular complexity index is 491. The number of alkyl carbamates (subject to hydrolysis) is 1. The van der Waals surface area contributed by atoms with Crippen molar-refractivity contribution in [2.75, 3.05) is 7.11 Å². The van der Waals surface area contributed by atoms with Gasteiger partial charge < -0.3 is 27.2 Å². The molecule has 0 unspecified atom stereocenters. The molecule has 21 heavy (non-hydrogen) atoms. The van der Waals surface area contributed by atoms with Crippen LogP contribution in [0.25, 0.3) is 0 Å². The Labute approximate surface area is 148 Å². The molecule has 0 heterocycles. The van der Waals surface area contributed by atoms with Crippen LogP contribution in [0.3, 0.4) is 0 Å². The molecule has 2 amide bonds. The molecule has 1 radical (unpaired) electrons. The largest absolute Gasteiger partial charge is 0.600 e. The van der Waals surface area contributed by atoms with Crippen LogP contribution < -0.4 is 16.0 Å². The van der Waals surface area contributed by atoms with Crippen LogP contribution in [0.2, 0.25) is 0 Å². The van der Waals surface area contributed by atoms with Crippen molar-refractivity contribution in [3.05, 3.63) is 49.0 Å². The molecule has 8 heteroatoms. The van der Waals surface area contributed by atoms with Crippen molar-refractivity contribution in [1.29, 1.82) is 5.41 Å². The van der Waals surface area contributed by atoms with Gasteiger partial charge in [0.1, 0.15) is 5.84 Å². The number of hydrogen-bond acceptors (Lipinski definition) is 5. The minimum absolute atomic E-state index is 0. The molecule has 0 fully saturated rings. The van der Waals surface area contributed by atoms with Crippen molar-refractivity contribution in [2.45, 2.75) is 6.54 Å². The van der Waals surface area contributed by atoms with Gasteiger partial charge in [0.15, 0.2) is 0 Å². The second kappa shape index (κ2) is 10.3. The van der Waals surface area contributed by atoms with Crippen LogP contribution in [-0.4, -0.2) is 24.9 Å². The second-order valence-corrected chi connectivity index (χ2v) is 3.75. The molecule has 0 bridgehead atoms. The van der Waals surface area contributed by atoms with Crippen LogP contribution >= 0.6 is 0 Å². The summed E-state index contributed by atoms with van der Waals surface area (Å²) in [6.07, 6.45) is -0.692. The smallest absolute Gasteiger partial charge is 0.412 e. The number of rotatable bonds is 5. The summed E-state index contributed by atoms with van der Waals surface area (Å²) in [5.41, 5.74) is 1.40. The predicted molar refractivity (Wildman–Crippen MR) is 73.5 cm³/mol. The van der Waals surface area contributed by atoms with Crippen molar-refractivity contribution in [2.24, 2.45) is 0 Å². The standard InChI is InChI=1S/C13H16N4O3.Y/c1-15-8-11(18)16-7-9-3-5-10(6-4-9)12(14)17-13(19)20-2;/h3-6,8,15H,1,7H2,2H3,(H,16,18)(H2,14,17,19);/q-2;. The number of nitrogens with one attached hydrogen (secondary N) is 4. The predicted octanol–water partition coefficient (Wildman–Crippen LogP) is 0.525. The first kappa shape index (κ1) is 19.6. The van der Waals surface area contributed by atoms with Crippen molar-refractivity contribution in [3.8, 4) is 0 Å². The molecule has 0 saturated carbocycles. The Morgan fingerprint density at radius 1 is 1.33 bits per heavy atom. The van der Waals surface area contributed by atoms with Crippen molar-refractivity contribution >= 4 is 17.8 Å². The number of benzene rings is 1. The number of amides is 2. The van der Waals surface area contributed by atoms with E-state index in [0.717, 1.165) is 5.56 Å². The normalized spacial score (nSPS) is 9.05. The van der Waals surface area contributed by atoms with Crippen LogP contribution in [0.1, 0.15) is 11.1 Å². The fourth-order valence-electron chi connectivity index (χ4n) is 1.35. The van der Waals surface area contributed by atoms with Gasteiger partial charge in [-0.15, -0.1) is 0 Å². The van der Waals surface area contributed by atoms with Crippen LogP contribution in [0.15, 0.2) is 24.3 Å². The van der Waals surface area contributed by atoms with Gasteiger partial charge in [-0.2, -0.15) is 0 Å². The van der Waals surface area contributed by atoms with Gasteiger partial charge in [0.25, 0.3) is 0 Å². The molecule has 7 nitrogen and oxygen atoms in total. The number of ether oxygens (including phenoxy) is 1. The van der Waals surface area contributed by atoms with E-state index < -0.39 is 6.09 Å². The Morgan fingerprint density at radius 2 is 1.95 bits per heavy atom. The van der Waals surface area contributed by atoms with Gasteiger partial charge in [0.05, 0.1) is 13.0 Å². The maximum atomic E-state index is 11.2. The third-order valence-corrected chi connectivity index (χ3v) is 2.35. The van der Waals surface area contributed by atoms with E-state index >= 15 is 0 Å². The first-order valence-electron chi connectivity index (χ1n) is 5.73. The molecule has 0 spiro atoms.